The zero-order valence-electron chi connectivity index (χ0n) is 11.7. The molecule has 2 rings (SSSR count). The number of imide groups is 2. The highest BCUT2D eigenvalue weighted by atomic mass is 16.5. The fourth-order valence-electron chi connectivity index (χ4n) is 2.40. The number of hydrogen-bond donors (Lipinski definition) is 1. The number of hydrogen-bond acceptors (Lipinski definition) is 5. The molecule has 1 aliphatic heterocycles. The Bertz CT molecular complexity index is 560. The molecule has 4 amide bonds. The summed E-state index contributed by atoms with van der Waals surface area (Å²) in [5.74, 6) is -0.603. The first-order valence-electron chi connectivity index (χ1n) is 6.54. The molecule has 1 aliphatic rings. The van der Waals surface area contributed by atoms with Gasteiger partial charge in [-0.3, -0.25) is 19.8 Å². The van der Waals surface area contributed by atoms with Gasteiger partial charge in [-0.1, -0.05) is 19.0 Å². The van der Waals surface area contributed by atoms with Gasteiger partial charge >= 0.3 is 6.03 Å². The summed E-state index contributed by atoms with van der Waals surface area (Å²) in [4.78, 5) is 37.4. The topological polar surface area (TPSA) is 92.5 Å². The van der Waals surface area contributed by atoms with E-state index in [-0.39, 0.29) is 6.54 Å². The Hall–Kier alpha value is -2.18. The van der Waals surface area contributed by atoms with Crippen LogP contribution in [-0.4, -0.2) is 27.9 Å². The van der Waals surface area contributed by atoms with E-state index in [2.05, 4.69) is 10.5 Å². The molecule has 1 aromatic heterocycles. The Balaban J connectivity index is 2.30. The molecule has 7 nitrogen and oxygen atoms in total. The number of nitrogens with zero attached hydrogens (tertiary/aromatic N) is 2. The molecule has 7 heteroatoms. The summed E-state index contributed by atoms with van der Waals surface area (Å²) in [6.45, 7) is 5.23. The first kappa shape index (κ1) is 14.2. The molecule has 20 heavy (non-hydrogen) atoms. The maximum absolute atomic E-state index is 12.5. The molecule has 0 bridgehead atoms. The number of aromatic nitrogens is 1. The number of urea groups is 1. The summed E-state index contributed by atoms with van der Waals surface area (Å²) >= 11 is 0. The molecule has 2 heterocycles. The molecule has 0 saturated carbocycles. The largest absolute Gasteiger partial charge is 0.359 e. The van der Waals surface area contributed by atoms with Crippen LogP contribution in [0.4, 0.5) is 4.79 Å². The standard InChI is InChI=1S/C13H17N3O4/c1-4-13(5-2)10(17)14-12(19)16(11(13)18)7-9-6-8(3)15-20-9/h6H,4-5,7H2,1-3H3,(H,14,17,19). The van der Waals surface area contributed by atoms with E-state index in [1.807, 2.05) is 0 Å². The molecule has 1 aromatic rings. The van der Waals surface area contributed by atoms with E-state index in [9.17, 15) is 14.4 Å². The lowest BCUT2D eigenvalue weighted by Crippen LogP contribution is -2.63. The number of carbonyl (C=O) groups excluding carboxylic acids is 3. The van der Waals surface area contributed by atoms with E-state index in [0.717, 1.165) is 4.90 Å². The second-order valence-corrected chi connectivity index (χ2v) is 4.87. The van der Waals surface area contributed by atoms with Crippen LogP contribution in [0.25, 0.3) is 0 Å². The predicted octanol–water partition coefficient (Wildman–Crippen LogP) is 1.37. The van der Waals surface area contributed by atoms with Crippen LogP contribution in [-0.2, 0) is 16.1 Å². The van der Waals surface area contributed by atoms with Gasteiger partial charge in [-0.15, -0.1) is 0 Å². The molecule has 0 aromatic carbocycles. The third-order valence-corrected chi connectivity index (χ3v) is 3.75. The fraction of sp³-hybridized carbons (Fsp3) is 0.538. The Morgan fingerprint density at radius 3 is 2.45 bits per heavy atom. The lowest BCUT2D eigenvalue weighted by Gasteiger charge is -2.37. The SMILES string of the molecule is CCC1(CC)C(=O)NC(=O)N(Cc2cc(C)no2)C1=O. The van der Waals surface area contributed by atoms with E-state index >= 15 is 0 Å². The molecule has 1 fully saturated rings. The fourth-order valence-corrected chi connectivity index (χ4v) is 2.40. The van der Waals surface area contributed by atoms with Crippen molar-refractivity contribution in [2.75, 3.05) is 0 Å². The smallest absolute Gasteiger partial charge is 0.331 e. The van der Waals surface area contributed by atoms with Crippen LogP contribution in [0.5, 0.6) is 0 Å². The highest BCUT2D eigenvalue weighted by Gasteiger charge is 2.51. The third kappa shape index (κ3) is 2.09. The second kappa shape index (κ2) is 5.07. The van der Waals surface area contributed by atoms with Crippen LogP contribution in [0.15, 0.2) is 10.6 Å². The van der Waals surface area contributed by atoms with Crippen molar-refractivity contribution in [1.82, 2.24) is 15.4 Å². The van der Waals surface area contributed by atoms with Crippen LogP contribution in [0.1, 0.15) is 38.1 Å². The highest BCUT2D eigenvalue weighted by molar-refractivity contribution is 6.18. The minimum Gasteiger partial charge on any atom is -0.359 e. The summed E-state index contributed by atoms with van der Waals surface area (Å²) in [5.41, 5.74) is -0.513. The van der Waals surface area contributed by atoms with Crippen LogP contribution in [0.3, 0.4) is 0 Å². The zero-order chi connectivity index (χ0) is 14.9. The number of aryl methyl sites for hydroxylation is 1. The van der Waals surface area contributed by atoms with Crippen LogP contribution >= 0.6 is 0 Å². The second-order valence-electron chi connectivity index (χ2n) is 4.87. The number of carbonyl (C=O) groups is 3. The normalized spacial score (nSPS) is 18.4. The average Bonchev–Trinajstić information content (AvgIpc) is 2.82. The lowest BCUT2D eigenvalue weighted by molar-refractivity contribution is -0.152. The van der Waals surface area contributed by atoms with Gasteiger partial charge in [-0.2, -0.15) is 0 Å². The van der Waals surface area contributed by atoms with Crippen molar-refractivity contribution in [1.29, 1.82) is 0 Å². The summed E-state index contributed by atoms with van der Waals surface area (Å²) in [6, 6.07) is 0.933. The number of rotatable bonds is 4. The van der Waals surface area contributed by atoms with E-state index in [0.29, 0.717) is 24.3 Å². The van der Waals surface area contributed by atoms with Crippen molar-refractivity contribution in [3.8, 4) is 0 Å². The van der Waals surface area contributed by atoms with E-state index in [4.69, 9.17) is 4.52 Å². The van der Waals surface area contributed by atoms with E-state index in [1.54, 1.807) is 26.8 Å². The molecule has 108 valence electrons. The molecular weight excluding hydrogens is 262 g/mol. The quantitative estimate of drug-likeness (QED) is 0.840. The molecule has 0 atom stereocenters. The monoisotopic (exact) mass is 279 g/mol. The Labute approximate surface area is 116 Å². The van der Waals surface area contributed by atoms with Crippen molar-refractivity contribution in [2.24, 2.45) is 5.41 Å². The van der Waals surface area contributed by atoms with Gasteiger partial charge in [0.25, 0.3) is 0 Å². The molecule has 1 saturated heterocycles. The minimum absolute atomic E-state index is 0.0272. The zero-order valence-corrected chi connectivity index (χ0v) is 11.7. The van der Waals surface area contributed by atoms with Crippen LogP contribution in [0, 0.1) is 12.3 Å². The summed E-state index contributed by atoms with van der Waals surface area (Å²) in [6.07, 6.45) is 0.681. The van der Waals surface area contributed by atoms with E-state index in [1.165, 1.54) is 0 Å². The lowest BCUT2D eigenvalue weighted by atomic mass is 9.78. The molecular formula is C13H17N3O4. The minimum atomic E-state index is -1.18. The number of nitrogens with one attached hydrogen (secondary N) is 1. The predicted molar refractivity (Wildman–Crippen MR) is 68.3 cm³/mol. The van der Waals surface area contributed by atoms with Crippen molar-refractivity contribution in [3.05, 3.63) is 17.5 Å². The first-order chi connectivity index (χ1) is 9.44. The van der Waals surface area contributed by atoms with Gasteiger partial charge in [0, 0.05) is 6.07 Å². The molecule has 0 aliphatic carbocycles. The van der Waals surface area contributed by atoms with Crippen LogP contribution < -0.4 is 5.32 Å². The molecule has 0 radical (unpaired) electrons. The van der Waals surface area contributed by atoms with Crippen LogP contribution in [0.2, 0.25) is 0 Å². The maximum atomic E-state index is 12.5. The van der Waals surface area contributed by atoms with Gasteiger partial charge in [-0.05, 0) is 19.8 Å². The van der Waals surface area contributed by atoms with Gasteiger partial charge in [0.15, 0.2) is 5.76 Å². The average molecular weight is 279 g/mol. The van der Waals surface area contributed by atoms with Crippen molar-refractivity contribution >= 4 is 17.8 Å². The highest BCUT2D eigenvalue weighted by Crippen LogP contribution is 2.32. The van der Waals surface area contributed by atoms with Crippen molar-refractivity contribution < 1.29 is 18.9 Å². The van der Waals surface area contributed by atoms with Gasteiger partial charge in [-0.25, -0.2) is 4.79 Å². The van der Waals surface area contributed by atoms with E-state index < -0.39 is 23.3 Å². The summed E-state index contributed by atoms with van der Waals surface area (Å²) in [7, 11) is 0. The number of barbiturate groups is 1. The Kier molecular flexibility index (Phi) is 3.61. The van der Waals surface area contributed by atoms with Gasteiger partial charge in [0.1, 0.15) is 5.41 Å². The maximum Gasteiger partial charge on any atom is 0.331 e. The van der Waals surface area contributed by atoms with Crippen molar-refractivity contribution in [3.63, 3.8) is 0 Å². The Morgan fingerprint density at radius 1 is 1.30 bits per heavy atom. The molecule has 0 unspecified atom stereocenters. The summed E-state index contributed by atoms with van der Waals surface area (Å²) < 4.78 is 5.02. The van der Waals surface area contributed by atoms with Crippen molar-refractivity contribution in [2.45, 2.75) is 40.2 Å². The van der Waals surface area contributed by atoms with Gasteiger partial charge in [0.2, 0.25) is 11.8 Å². The molecule has 0 spiro atoms. The number of amides is 4. The van der Waals surface area contributed by atoms with Gasteiger partial charge in [0.05, 0.1) is 12.2 Å². The first-order valence-corrected chi connectivity index (χ1v) is 6.54. The van der Waals surface area contributed by atoms with Gasteiger partial charge < -0.3 is 4.52 Å². The molecule has 1 N–H and O–H groups in total. The Morgan fingerprint density at radius 2 is 1.95 bits per heavy atom. The third-order valence-electron chi connectivity index (χ3n) is 3.75. The summed E-state index contributed by atoms with van der Waals surface area (Å²) in [5, 5.41) is 5.96.